The molecule has 0 heterocycles. The topological polar surface area (TPSA) is 26.3 Å². The van der Waals surface area contributed by atoms with E-state index in [1.807, 2.05) is 0 Å². The quantitative estimate of drug-likeness (QED) is 0.619. The molecule has 0 N–H and O–H groups in total. The summed E-state index contributed by atoms with van der Waals surface area (Å²) in [6.07, 6.45) is 0. The Labute approximate surface area is 95.4 Å². The van der Waals surface area contributed by atoms with Gasteiger partial charge >= 0.3 is 0 Å². The van der Waals surface area contributed by atoms with Crippen molar-refractivity contribution in [2.24, 2.45) is 0 Å². The monoisotopic (exact) mass is 310 g/mol. The van der Waals surface area contributed by atoms with Crippen LogP contribution in [-0.2, 0) is 0 Å². The molecule has 0 aliphatic heterocycles. The first-order chi connectivity index (χ1) is 6.06. The summed E-state index contributed by atoms with van der Waals surface area (Å²) in [7, 11) is 1.53. The lowest BCUT2D eigenvalue weighted by atomic mass is 10.1. The minimum absolute atomic E-state index is 0.00730. The summed E-state index contributed by atoms with van der Waals surface area (Å²) in [4.78, 5) is 11.1. The first-order valence-electron chi connectivity index (χ1n) is 3.60. The van der Waals surface area contributed by atoms with Gasteiger partial charge in [0.05, 0.1) is 12.1 Å². The van der Waals surface area contributed by atoms with Crippen molar-refractivity contribution in [2.75, 3.05) is 7.11 Å². The smallest absolute Gasteiger partial charge is 0.159 e. The van der Waals surface area contributed by atoms with Gasteiger partial charge in [0, 0.05) is 9.13 Å². The van der Waals surface area contributed by atoms with E-state index in [1.54, 1.807) is 12.1 Å². The lowest BCUT2D eigenvalue weighted by Gasteiger charge is -2.06. The van der Waals surface area contributed by atoms with E-state index in [-0.39, 0.29) is 5.78 Å². The third-order valence-corrected chi connectivity index (χ3v) is 3.18. The van der Waals surface area contributed by atoms with Crippen LogP contribution in [0.4, 0.5) is 0 Å². The van der Waals surface area contributed by atoms with Crippen molar-refractivity contribution in [2.45, 2.75) is 6.92 Å². The van der Waals surface area contributed by atoms with Crippen molar-refractivity contribution in [3.8, 4) is 5.75 Å². The molecule has 0 aliphatic carbocycles. The maximum absolute atomic E-state index is 11.1. The second kappa shape index (κ2) is 4.28. The van der Waals surface area contributed by atoms with Gasteiger partial charge in [0.25, 0.3) is 0 Å². The molecule has 0 spiro atoms. The van der Waals surface area contributed by atoms with Gasteiger partial charge in [-0.3, -0.25) is 4.79 Å². The van der Waals surface area contributed by atoms with E-state index in [9.17, 15) is 4.79 Å². The zero-order chi connectivity index (χ0) is 10.0. The van der Waals surface area contributed by atoms with Gasteiger partial charge in [0.2, 0.25) is 0 Å². The molecule has 0 amide bonds. The Bertz CT molecular complexity index is 350. The molecule has 0 radical (unpaired) electrons. The summed E-state index contributed by atoms with van der Waals surface area (Å²) in [6, 6.07) is 3.39. The lowest BCUT2D eigenvalue weighted by molar-refractivity contribution is 0.101. The average Bonchev–Trinajstić information content (AvgIpc) is 2.09. The fraction of sp³-hybridized carbons (Fsp3) is 0.222. The molecule has 0 fully saturated rings. The Kier molecular flexibility index (Phi) is 3.55. The molecule has 1 rings (SSSR count). The summed E-state index contributed by atoms with van der Waals surface area (Å²) < 4.78 is 5.85. The standard InChI is InChI=1S/C9H8ClIO2/c1-5(12)6-3-7(11)9(10)8(4-6)13-2/h3-4H,1-2H3. The SMILES string of the molecule is COc1cc(C(C)=O)cc(I)c1Cl. The van der Waals surface area contributed by atoms with E-state index in [4.69, 9.17) is 16.3 Å². The highest BCUT2D eigenvalue weighted by Gasteiger charge is 2.09. The maximum Gasteiger partial charge on any atom is 0.159 e. The third-order valence-electron chi connectivity index (χ3n) is 1.62. The first-order valence-corrected chi connectivity index (χ1v) is 5.06. The maximum atomic E-state index is 11.1. The van der Waals surface area contributed by atoms with Crippen LogP contribution < -0.4 is 4.74 Å². The molecule has 0 unspecified atom stereocenters. The predicted molar refractivity (Wildman–Crippen MR) is 60.7 cm³/mol. The van der Waals surface area contributed by atoms with E-state index in [2.05, 4.69) is 22.6 Å². The highest BCUT2D eigenvalue weighted by molar-refractivity contribution is 14.1. The van der Waals surface area contributed by atoms with E-state index in [0.717, 1.165) is 3.57 Å². The van der Waals surface area contributed by atoms with Crippen LogP contribution >= 0.6 is 34.2 Å². The van der Waals surface area contributed by atoms with Crippen molar-refractivity contribution in [1.82, 2.24) is 0 Å². The van der Waals surface area contributed by atoms with Crippen molar-refractivity contribution < 1.29 is 9.53 Å². The Morgan fingerprint density at radius 2 is 2.15 bits per heavy atom. The normalized spacial score (nSPS) is 9.85. The molecule has 0 saturated heterocycles. The highest BCUT2D eigenvalue weighted by Crippen LogP contribution is 2.30. The van der Waals surface area contributed by atoms with Crippen LogP contribution in [0.2, 0.25) is 5.02 Å². The molecule has 1 aromatic rings. The molecule has 13 heavy (non-hydrogen) atoms. The van der Waals surface area contributed by atoms with Gasteiger partial charge in [-0.1, -0.05) is 11.6 Å². The number of halogens is 2. The van der Waals surface area contributed by atoms with Crippen LogP contribution in [0.1, 0.15) is 17.3 Å². The highest BCUT2D eigenvalue weighted by atomic mass is 127. The molecule has 0 aromatic heterocycles. The summed E-state index contributed by atoms with van der Waals surface area (Å²) in [6.45, 7) is 1.51. The number of ether oxygens (including phenoxy) is 1. The third kappa shape index (κ3) is 2.34. The Morgan fingerprint density at radius 1 is 1.54 bits per heavy atom. The number of benzene rings is 1. The Balaban J connectivity index is 3.30. The minimum atomic E-state index is 0.00730. The number of rotatable bonds is 2. The zero-order valence-corrected chi connectivity index (χ0v) is 10.1. The zero-order valence-electron chi connectivity index (χ0n) is 7.23. The average molecular weight is 311 g/mol. The van der Waals surface area contributed by atoms with E-state index in [0.29, 0.717) is 16.3 Å². The second-order valence-electron chi connectivity index (χ2n) is 2.53. The van der Waals surface area contributed by atoms with Crippen molar-refractivity contribution >= 4 is 40.0 Å². The van der Waals surface area contributed by atoms with Crippen LogP contribution in [0.25, 0.3) is 0 Å². The number of carbonyl (C=O) groups excluding carboxylic acids is 1. The number of carbonyl (C=O) groups is 1. The van der Waals surface area contributed by atoms with Gasteiger partial charge in [-0.05, 0) is 41.6 Å². The first kappa shape index (κ1) is 10.8. The van der Waals surface area contributed by atoms with Crippen LogP contribution in [0.15, 0.2) is 12.1 Å². The van der Waals surface area contributed by atoms with Crippen molar-refractivity contribution in [3.63, 3.8) is 0 Å². The summed E-state index contributed by atoms with van der Waals surface area (Å²) >= 11 is 7.99. The second-order valence-corrected chi connectivity index (χ2v) is 4.07. The van der Waals surface area contributed by atoms with Crippen molar-refractivity contribution in [1.29, 1.82) is 0 Å². The van der Waals surface area contributed by atoms with Gasteiger partial charge in [-0.25, -0.2) is 0 Å². The number of hydrogen-bond acceptors (Lipinski definition) is 2. The molecule has 0 saturated carbocycles. The summed E-state index contributed by atoms with van der Waals surface area (Å²) in [5.41, 5.74) is 0.616. The molecule has 1 aromatic carbocycles. The molecule has 0 bridgehead atoms. The van der Waals surface area contributed by atoms with Crippen LogP contribution in [0.5, 0.6) is 5.75 Å². The Morgan fingerprint density at radius 3 is 2.62 bits per heavy atom. The van der Waals surface area contributed by atoms with Gasteiger partial charge in [0.1, 0.15) is 5.75 Å². The van der Waals surface area contributed by atoms with Gasteiger partial charge in [0.15, 0.2) is 5.78 Å². The van der Waals surface area contributed by atoms with Gasteiger partial charge in [-0.2, -0.15) is 0 Å². The number of methoxy groups -OCH3 is 1. The number of ketones is 1. The molecular formula is C9H8ClIO2. The van der Waals surface area contributed by atoms with Crippen molar-refractivity contribution in [3.05, 3.63) is 26.3 Å². The van der Waals surface area contributed by atoms with Crippen LogP contribution in [0.3, 0.4) is 0 Å². The molecule has 0 aliphatic rings. The lowest BCUT2D eigenvalue weighted by Crippen LogP contribution is -1.95. The Hall–Kier alpha value is -0.290. The van der Waals surface area contributed by atoms with Crippen LogP contribution in [0, 0.1) is 3.57 Å². The van der Waals surface area contributed by atoms with Crippen LogP contribution in [-0.4, -0.2) is 12.9 Å². The summed E-state index contributed by atoms with van der Waals surface area (Å²) in [5.74, 6) is 0.548. The van der Waals surface area contributed by atoms with E-state index >= 15 is 0 Å². The molecular weight excluding hydrogens is 302 g/mol. The minimum Gasteiger partial charge on any atom is -0.495 e. The van der Waals surface area contributed by atoms with E-state index < -0.39 is 0 Å². The number of hydrogen-bond donors (Lipinski definition) is 0. The molecule has 70 valence electrons. The van der Waals surface area contributed by atoms with Gasteiger partial charge in [-0.15, -0.1) is 0 Å². The molecule has 4 heteroatoms. The van der Waals surface area contributed by atoms with Gasteiger partial charge < -0.3 is 4.74 Å². The predicted octanol–water partition coefficient (Wildman–Crippen LogP) is 3.16. The molecule has 0 atom stereocenters. The molecule has 2 nitrogen and oxygen atoms in total. The fourth-order valence-electron chi connectivity index (χ4n) is 0.916. The summed E-state index contributed by atoms with van der Waals surface area (Å²) in [5, 5.41) is 0.549. The fourth-order valence-corrected chi connectivity index (χ4v) is 1.70. The van der Waals surface area contributed by atoms with E-state index in [1.165, 1.54) is 14.0 Å². The largest absolute Gasteiger partial charge is 0.495 e. The number of Topliss-reactive ketones (excluding diaryl/α,β-unsaturated/α-hetero) is 1.